The molecule has 3 nitrogen and oxygen atoms in total. The van der Waals surface area contributed by atoms with Gasteiger partial charge in [0.05, 0.1) is 13.2 Å². The second-order valence-electron chi connectivity index (χ2n) is 4.14. The van der Waals surface area contributed by atoms with Crippen LogP contribution >= 0.6 is 0 Å². The van der Waals surface area contributed by atoms with Crippen LogP contribution in [0.3, 0.4) is 0 Å². The normalized spacial score (nSPS) is 12.3. The lowest BCUT2D eigenvalue weighted by Crippen LogP contribution is -2.31. The predicted molar refractivity (Wildman–Crippen MR) is 72.1 cm³/mol. The summed E-state index contributed by atoms with van der Waals surface area (Å²) in [5.41, 5.74) is 0. The highest BCUT2D eigenvalue weighted by Crippen LogP contribution is 2.05. The minimum Gasteiger partial charge on any atom is -0.382 e. The highest BCUT2D eigenvalue weighted by molar-refractivity contribution is 4.83. The maximum absolute atomic E-state index is 5.49. The molecule has 100 valence electrons. The van der Waals surface area contributed by atoms with Crippen LogP contribution in [0, 0.1) is 12.3 Å². The highest BCUT2D eigenvalue weighted by atomic mass is 16.5. The molecule has 0 aromatic rings. The Hall–Kier alpha value is -0.560. The minimum absolute atomic E-state index is 0.533. The van der Waals surface area contributed by atoms with Crippen molar-refractivity contribution in [3.8, 4) is 12.3 Å². The van der Waals surface area contributed by atoms with Crippen LogP contribution in [-0.2, 0) is 9.47 Å². The van der Waals surface area contributed by atoms with Gasteiger partial charge in [-0.1, -0.05) is 6.92 Å². The summed E-state index contributed by atoms with van der Waals surface area (Å²) in [5, 5.41) is 3.54. The van der Waals surface area contributed by atoms with E-state index in [-0.39, 0.29) is 0 Å². The molecule has 0 aromatic carbocycles. The molecular formula is C14H27NO2. The van der Waals surface area contributed by atoms with E-state index >= 15 is 0 Å². The molecule has 0 aliphatic carbocycles. The zero-order valence-electron chi connectivity index (χ0n) is 11.3. The van der Waals surface area contributed by atoms with Crippen molar-refractivity contribution in [2.75, 3.05) is 33.5 Å². The Labute approximate surface area is 106 Å². The molecule has 0 bridgehead atoms. The number of unbranched alkanes of at least 4 members (excludes halogenated alkanes) is 1. The Balaban J connectivity index is 3.57. The van der Waals surface area contributed by atoms with E-state index in [0.29, 0.717) is 19.3 Å². The van der Waals surface area contributed by atoms with Crippen molar-refractivity contribution in [3.63, 3.8) is 0 Å². The van der Waals surface area contributed by atoms with Crippen LogP contribution < -0.4 is 5.32 Å². The Kier molecular flexibility index (Phi) is 13.1. The fraction of sp³-hybridized carbons (Fsp3) is 0.857. The lowest BCUT2D eigenvalue weighted by Gasteiger charge is -2.18. The summed E-state index contributed by atoms with van der Waals surface area (Å²) in [4.78, 5) is 0. The van der Waals surface area contributed by atoms with Gasteiger partial charge < -0.3 is 14.8 Å². The Morgan fingerprint density at radius 2 is 2.06 bits per heavy atom. The molecule has 0 radical (unpaired) electrons. The number of rotatable bonds is 12. The second-order valence-corrected chi connectivity index (χ2v) is 4.14. The molecule has 0 spiro atoms. The number of hydrogen-bond acceptors (Lipinski definition) is 3. The molecule has 0 saturated heterocycles. The molecule has 0 aliphatic heterocycles. The van der Waals surface area contributed by atoms with Crippen molar-refractivity contribution >= 4 is 0 Å². The van der Waals surface area contributed by atoms with Gasteiger partial charge in [0.25, 0.3) is 0 Å². The van der Waals surface area contributed by atoms with Gasteiger partial charge in [-0.25, -0.2) is 0 Å². The van der Waals surface area contributed by atoms with Gasteiger partial charge in [0.2, 0.25) is 0 Å². The van der Waals surface area contributed by atoms with Crippen molar-refractivity contribution in [1.82, 2.24) is 5.32 Å². The monoisotopic (exact) mass is 241 g/mol. The maximum Gasteiger partial charge on any atom is 0.0700 e. The van der Waals surface area contributed by atoms with Crippen LogP contribution in [0.25, 0.3) is 0 Å². The summed E-state index contributed by atoms with van der Waals surface area (Å²) in [7, 11) is 1.69. The molecule has 3 heteroatoms. The molecule has 0 fully saturated rings. The molecular weight excluding hydrogens is 214 g/mol. The van der Waals surface area contributed by atoms with E-state index in [4.69, 9.17) is 15.9 Å². The van der Waals surface area contributed by atoms with Gasteiger partial charge >= 0.3 is 0 Å². The summed E-state index contributed by atoms with van der Waals surface area (Å²) in [6.45, 7) is 5.39. The number of nitrogens with one attached hydrogen (secondary N) is 1. The summed E-state index contributed by atoms with van der Waals surface area (Å²) >= 11 is 0. The molecule has 1 atom stereocenters. The standard InChI is InChI=1S/C14H27NO2/c1-4-6-7-8-14(15-10-5-2)9-11-17-13-12-16-3/h1,14-15H,5-13H2,2-3H3. The third-order valence-electron chi connectivity index (χ3n) is 2.60. The van der Waals surface area contributed by atoms with Gasteiger partial charge in [-0.3, -0.25) is 0 Å². The third-order valence-corrected chi connectivity index (χ3v) is 2.60. The Bertz CT molecular complexity index is 189. The number of hydrogen-bond donors (Lipinski definition) is 1. The lowest BCUT2D eigenvalue weighted by molar-refractivity contribution is 0.0654. The van der Waals surface area contributed by atoms with Gasteiger partial charge in [-0.2, -0.15) is 0 Å². The summed E-state index contributed by atoms with van der Waals surface area (Å²) in [6.07, 6.45) is 10.6. The average molecular weight is 241 g/mol. The van der Waals surface area contributed by atoms with Gasteiger partial charge in [0, 0.05) is 26.2 Å². The largest absolute Gasteiger partial charge is 0.382 e. The van der Waals surface area contributed by atoms with E-state index in [2.05, 4.69) is 18.2 Å². The molecule has 0 aromatic heterocycles. The van der Waals surface area contributed by atoms with E-state index in [1.807, 2.05) is 0 Å². The van der Waals surface area contributed by atoms with E-state index in [9.17, 15) is 0 Å². The first kappa shape index (κ1) is 16.4. The first-order chi connectivity index (χ1) is 8.35. The van der Waals surface area contributed by atoms with E-state index in [1.165, 1.54) is 0 Å². The van der Waals surface area contributed by atoms with Crippen LogP contribution in [0.1, 0.15) is 39.0 Å². The summed E-state index contributed by atoms with van der Waals surface area (Å²) in [5.74, 6) is 2.69. The van der Waals surface area contributed by atoms with Crippen LogP contribution in [0.15, 0.2) is 0 Å². The number of terminal acetylenes is 1. The molecule has 0 amide bonds. The van der Waals surface area contributed by atoms with Crippen LogP contribution in [0.2, 0.25) is 0 Å². The smallest absolute Gasteiger partial charge is 0.0700 e. The molecule has 0 aliphatic rings. The van der Waals surface area contributed by atoms with Gasteiger partial charge in [0.15, 0.2) is 0 Å². The Morgan fingerprint density at radius 3 is 2.71 bits per heavy atom. The SMILES string of the molecule is C#CCCCC(CCOCCOC)NCCC. The van der Waals surface area contributed by atoms with Crippen molar-refractivity contribution in [2.45, 2.75) is 45.1 Å². The summed E-state index contributed by atoms with van der Waals surface area (Å²) < 4.78 is 10.4. The van der Waals surface area contributed by atoms with Crippen molar-refractivity contribution < 1.29 is 9.47 Å². The van der Waals surface area contributed by atoms with Crippen LogP contribution in [0.4, 0.5) is 0 Å². The zero-order chi connectivity index (χ0) is 12.8. The molecule has 1 unspecified atom stereocenters. The lowest BCUT2D eigenvalue weighted by atomic mass is 10.1. The second kappa shape index (κ2) is 13.5. The number of methoxy groups -OCH3 is 1. The quantitative estimate of drug-likeness (QED) is 0.420. The molecule has 0 rings (SSSR count). The van der Waals surface area contributed by atoms with E-state index < -0.39 is 0 Å². The maximum atomic E-state index is 5.49. The minimum atomic E-state index is 0.533. The zero-order valence-corrected chi connectivity index (χ0v) is 11.3. The van der Waals surface area contributed by atoms with Crippen molar-refractivity contribution in [3.05, 3.63) is 0 Å². The molecule has 17 heavy (non-hydrogen) atoms. The fourth-order valence-corrected chi connectivity index (χ4v) is 1.62. The average Bonchev–Trinajstić information content (AvgIpc) is 2.35. The number of ether oxygens (including phenoxy) is 2. The van der Waals surface area contributed by atoms with Crippen molar-refractivity contribution in [2.24, 2.45) is 0 Å². The highest BCUT2D eigenvalue weighted by Gasteiger charge is 2.06. The predicted octanol–water partition coefficient (Wildman–Crippen LogP) is 2.21. The topological polar surface area (TPSA) is 30.5 Å². The van der Waals surface area contributed by atoms with Crippen LogP contribution in [0.5, 0.6) is 0 Å². The van der Waals surface area contributed by atoms with E-state index in [1.54, 1.807) is 7.11 Å². The van der Waals surface area contributed by atoms with Crippen LogP contribution in [-0.4, -0.2) is 39.5 Å². The summed E-state index contributed by atoms with van der Waals surface area (Å²) in [6, 6.07) is 0.533. The molecule has 0 heterocycles. The van der Waals surface area contributed by atoms with Gasteiger partial charge in [-0.15, -0.1) is 12.3 Å². The van der Waals surface area contributed by atoms with E-state index in [0.717, 1.165) is 45.3 Å². The fourth-order valence-electron chi connectivity index (χ4n) is 1.62. The third kappa shape index (κ3) is 11.7. The Morgan fingerprint density at radius 1 is 1.24 bits per heavy atom. The first-order valence-corrected chi connectivity index (χ1v) is 6.58. The first-order valence-electron chi connectivity index (χ1n) is 6.58. The van der Waals surface area contributed by atoms with Crippen molar-refractivity contribution in [1.29, 1.82) is 0 Å². The van der Waals surface area contributed by atoms with Gasteiger partial charge in [-0.05, 0) is 32.2 Å². The van der Waals surface area contributed by atoms with Gasteiger partial charge in [0.1, 0.15) is 0 Å². The molecule has 0 saturated carbocycles. The molecule has 1 N–H and O–H groups in total.